The first-order valence-corrected chi connectivity index (χ1v) is 13.1. The van der Waals surface area contributed by atoms with Gasteiger partial charge in [-0.25, -0.2) is 18.6 Å². The molecule has 0 amide bonds. The number of nitrogens with one attached hydrogen (secondary N) is 2. The molecule has 3 aliphatic rings. The number of ether oxygens (including phenoxy) is 2. The van der Waals surface area contributed by atoms with Crippen molar-refractivity contribution in [2.45, 2.75) is 63.3 Å². The van der Waals surface area contributed by atoms with E-state index in [0.717, 1.165) is 47.4 Å². The molecule has 2 atom stereocenters. The summed E-state index contributed by atoms with van der Waals surface area (Å²) in [6.45, 7) is 6.24. The lowest BCUT2D eigenvalue weighted by Crippen LogP contribution is -2.55. The quantitative estimate of drug-likeness (QED) is 0.459. The Balaban J connectivity index is 1.27. The summed E-state index contributed by atoms with van der Waals surface area (Å²) in [5.74, 6) is -1.11. The van der Waals surface area contributed by atoms with Gasteiger partial charge in [0.05, 0.1) is 25.1 Å². The fourth-order valence-corrected chi connectivity index (χ4v) is 5.79. The molecule has 208 valence electrons. The molecule has 3 fully saturated rings. The smallest absolute Gasteiger partial charge is 0.368 e. The van der Waals surface area contributed by atoms with Crippen molar-refractivity contribution in [3.05, 3.63) is 40.4 Å². The lowest BCUT2D eigenvalue weighted by atomic mass is 9.84. The molecule has 6 rings (SSSR count). The first-order chi connectivity index (χ1) is 18.7. The summed E-state index contributed by atoms with van der Waals surface area (Å²) in [6.07, 6.45) is 4.81. The van der Waals surface area contributed by atoms with E-state index in [1.807, 2.05) is 0 Å². The highest BCUT2D eigenvalue weighted by atomic mass is 19.1. The van der Waals surface area contributed by atoms with Crippen molar-refractivity contribution in [2.75, 3.05) is 30.4 Å². The number of halogens is 2. The van der Waals surface area contributed by atoms with Crippen LogP contribution in [0.2, 0.25) is 0 Å². The van der Waals surface area contributed by atoms with E-state index in [0.29, 0.717) is 19.3 Å². The van der Waals surface area contributed by atoms with Crippen LogP contribution < -0.4 is 21.1 Å². The zero-order valence-electron chi connectivity index (χ0n) is 22.0. The first kappa shape index (κ1) is 25.6. The second kappa shape index (κ2) is 9.83. The minimum atomic E-state index is -0.677. The Bertz CT molecular complexity index is 1440. The molecule has 14 heteroatoms. The molecule has 2 N–H and O–H groups in total. The average molecular weight is 544 g/mol. The lowest BCUT2D eigenvalue weighted by molar-refractivity contribution is -0.0797. The fourth-order valence-electron chi connectivity index (χ4n) is 5.79. The van der Waals surface area contributed by atoms with Crippen LogP contribution in [-0.2, 0) is 11.8 Å². The van der Waals surface area contributed by atoms with Crippen molar-refractivity contribution < 1.29 is 18.3 Å². The van der Waals surface area contributed by atoms with Crippen LogP contribution in [0.5, 0.6) is 5.75 Å². The van der Waals surface area contributed by atoms with Gasteiger partial charge < -0.3 is 20.1 Å². The standard InChI is InChI=1S/C25H31F2N9O3/c1-25(2)10-14(7-15-5-4-6-35(15)25)29-22-18(27)11-28-23(31-22)30-19-9-20(36-24(37)34(3)32-33-36)21(8-17(19)26)39-16-12-38-13-16/h8-9,11,14-16H,4-7,10,12-13H2,1-3H3,(H2,28,29,30,31)/t14-,15+/m1/s1. The van der Waals surface area contributed by atoms with Gasteiger partial charge in [0.25, 0.3) is 0 Å². The zero-order chi connectivity index (χ0) is 27.3. The number of aromatic nitrogens is 6. The van der Waals surface area contributed by atoms with Gasteiger partial charge in [-0.2, -0.15) is 14.3 Å². The number of hydrogen-bond donors (Lipinski definition) is 2. The molecule has 0 unspecified atom stereocenters. The third-order valence-electron chi connectivity index (χ3n) is 7.69. The van der Waals surface area contributed by atoms with Crippen molar-refractivity contribution in [1.82, 2.24) is 34.7 Å². The monoisotopic (exact) mass is 543 g/mol. The first-order valence-electron chi connectivity index (χ1n) is 13.1. The van der Waals surface area contributed by atoms with Gasteiger partial charge in [0, 0.05) is 30.7 Å². The Kier molecular flexibility index (Phi) is 6.46. The normalized spacial score (nSPS) is 22.8. The predicted molar refractivity (Wildman–Crippen MR) is 138 cm³/mol. The summed E-state index contributed by atoms with van der Waals surface area (Å²) in [6, 6.07) is 3.00. The number of benzene rings is 1. The number of piperidine rings is 1. The second-order valence-electron chi connectivity index (χ2n) is 11.0. The molecule has 3 saturated heterocycles. The summed E-state index contributed by atoms with van der Waals surface area (Å²) in [5, 5.41) is 13.7. The Morgan fingerprint density at radius 1 is 1.18 bits per heavy atom. The Morgan fingerprint density at radius 2 is 2.00 bits per heavy atom. The SMILES string of the molecule is Cn1nnn(-c2cc(Nc3ncc(F)c(N[C@@H]4C[C@@H]5CCCN5C(C)(C)C4)n3)c(F)cc2OC2COC2)c1=O. The van der Waals surface area contributed by atoms with E-state index in [2.05, 4.69) is 49.8 Å². The van der Waals surface area contributed by atoms with Gasteiger partial charge in [0.2, 0.25) is 5.95 Å². The van der Waals surface area contributed by atoms with Gasteiger partial charge in [0.15, 0.2) is 17.5 Å². The van der Waals surface area contributed by atoms with E-state index in [9.17, 15) is 9.18 Å². The highest BCUT2D eigenvalue weighted by Gasteiger charge is 2.43. The molecule has 0 bridgehead atoms. The number of hydrogen-bond acceptors (Lipinski definition) is 10. The highest BCUT2D eigenvalue weighted by Crippen LogP contribution is 2.39. The molecule has 1 aromatic carbocycles. The molecule has 0 spiro atoms. The molecular weight excluding hydrogens is 512 g/mol. The summed E-state index contributed by atoms with van der Waals surface area (Å²) in [4.78, 5) is 23.4. The van der Waals surface area contributed by atoms with Crippen molar-refractivity contribution in [1.29, 1.82) is 0 Å². The number of fused-ring (bicyclic) bond motifs is 1. The molecule has 0 aliphatic carbocycles. The third kappa shape index (κ3) is 4.93. The van der Waals surface area contributed by atoms with Crippen molar-refractivity contribution >= 4 is 17.5 Å². The summed E-state index contributed by atoms with van der Waals surface area (Å²) in [7, 11) is 1.45. The summed E-state index contributed by atoms with van der Waals surface area (Å²) >= 11 is 0. The lowest BCUT2D eigenvalue weighted by Gasteiger charge is -2.47. The number of rotatable bonds is 7. The molecule has 12 nitrogen and oxygen atoms in total. The van der Waals surface area contributed by atoms with E-state index < -0.39 is 17.3 Å². The Labute approximate surface area is 223 Å². The van der Waals surface area contributed by atoms with Gasteiger partial charge >= 0.3 is 5.69 Å². The average Bonchev–Trinajstić information content (AvgIpc) is 3.47. The van der Waals surface area contributed by atoms with Crippen LogP contribution in [0.4, 0.5) is 26.2 Å². The van der Waals surface area contributed by atoms with E-state index in [4.69, 9.17) is 9.47 Å². The molecular formula is C25H31F2N9O3. The van der Waals surface area contributed by atoms with E-state index in [1.165, 1.54) is 19.5 Å². The van der Waals surface area contributed by atoms with Crippen molar-refractivity contribution in [2.24, 2.45) is 7.05 Å². The van der Waals surface area contributed by atoms with Gasteiger partial charge in [-0.1, -0.05) is 0 Å². The van der Waals surface area contributed by atoms with Crippen LogP contribution in [0, 0.1) is 11.6 Å². The molecule has 0 saturated carbocycles. The molecule has 0 radical (unpaired) electrons. The summed E-state index contributed by atoms with van der Waals surface area (Å²) in [5.41, 5.74) is -0.412. The predicted octanol–water partition coefficient (Wildman–Crippen LogP) is 2.37. The zero-order valence-corrected chi connectivity index (χ0v) is 22.0. The van der Waals surface area contributed by atoms with Crippen molar-refractivity contribution in [3.8, 4) is 11.4 Å². The maximum Gasteiger partial charge on any atom is 0.368 e. The largest absolute Gasteiger partial charge is 0.483 e. The van der Waals surface area contributed by atoms with Gasteiger partial charge in [0.1, 0.15) is 17.5 Å². The molecule has 3 aromatic rings. The van der Waals surface area contributed by atoms with Crippen LogP contribution >= 0.6 is 0 Å². The summed E-state index contributed by atoms with van der Waals surface area (Å²) < 4.78 is 43.0. The highest BCUT2D eigenvalue weighted by molar-refractivity contribution is 5.63. The van der Waals surface area contributed by atoms with Crippen LogP contribution in [0.3, 0.4) is 0 Å². The van der Waals surface area contributed by atoms with Crippen LogP contribution in [0.1, 0.15) is 39.5 Å². The topological polar surface area (TPSA) is 124 Å². The molecule has 3 aliphatic heterocycles. The van der Waals surface area contributed by atoms with E-state index in [1.54, 1.807) is 0 Å². The number of anilines is 3. The van der Waals surface area contributed by atoms with Gasteiger partial charge in [-0.05, 0) is 62.6 Å². The van der Waals surface area contributed by atoms with Crippen LogP contribution in [0.15, 0.2) is 23.1 Å². The molecule has 2 aromatic heterocycles. The van der Waals surface area contributed by atoms with Crippen molar-refractivity contribution in [3.63, 3.8) is 0 Å². The van der Waals surface area contributed by atoms with Crippen LogP contribution in [0.25, 0.3) is 5.69 Å². The second-order valence-corrected chi connectivity index (χ2v) is 11.0. The van der Waals surface area contributed by atoms with E-state index >= 15 is 4.39 Å². The minimum Gasteiger partial charge on any atom is -0.483 e. The Hall–Kier alpha value is -3.65. The van der Waals surface area contributed by atoms with E-state index in [-0.39, 0.29) is 46.6 Å². The minimum absolute atomic E-state index is 0.00492. The number of tetrazole rings is 1. The maximum absolute atomic E-state index is 15.2. The third-order valence-corrected chi connectivity index (χ3v) is 7.69. The maximum atomic E-state index is 15.2. The van der Waals surface area contributed by atoms with Gasteiger partial charge in [-0.15, -0.1) is 0 Å². The van der Waals surface area contributed by atoms with Gasteiger partial charge in [-0.3, -0.25) is 4.90 Å². The number of aryl methyl sites for hydroxylation is 1. The molecule has 5 heterocycles. The fraction of sp³-hybridized carbons (Fsp3) is 0.560. The van der Waals surface area contributed by atoms with Crippen LogP contribution in [-0.4, -0.2) is 78.1 Å². The molecule has 39 heavy (non-hydrogen) atoms. The Morgan fingerprint density at radius 3 is 2.72 bits per heavy atom. The number of nitrogens with zero attached hydrogens (tertiary/aromatic N) is 7.